The van der Waals surface area contributed by atoms with E-state index in [1.165, 1.54) is 4.90 Å². The van der Waals surface area contributed by atoms with E-state index in [0.29, 0.717) is 19.5 Å². The molecule has 0 aliphatic carbocycles. The largest absolute Gasteiger partial charge is 0.352 e. The maximum absolute atomic E-state index is 12.4. The van der Waals surface area contributed by atoms with Crippen LogP contribution in [0.25, 0.3) is 0 Å². The second kappa shape index (κ2) is 8.93. The summed E-state index contributed by atoms with van der Waals surface area (Å²) in [4.78, 5) is 41.7. The Bertz CT molecular complexity index is 795. The minimum atomic E-state index is -0.641. The first kappa shape index (κ1) is 18.6. The molecule has 7 heteroatoms. The molecular weight excluding hydrogens is 344 g/mol. The van der Waals surface area contributed by atoms with E-state index in [1.807, 2.05) is 36.4 Å². The van der Waals surface area contributed by atoms with Crippen LogP contribution in [-0.2, 0) is 22.6 Å². The van der Waals surface area contributed by atoms with Gasteiger partial charge in [0.1, 0.15) is 6.04 Å². The highest BCUT2D eigenvalue weighted by atomic mass is 16.2. The van der Waals surface area contributed by atoms with Crippen molar-refractivity contribution in [3.8, 4) is 0 Å². The molecule has 7 nitrogen and oxygen atoms in total. The second-order valence-corrected chi connectivity index (χ2v) is 6.40. The average molecular weight is 366 g/mol. The van der Waals surface area contributed by atoms with Gasteiger partial charge in [-0.25, -0.2) is 4.79 Å². The van der Waals surface area contributed by atoms with Gasteiger partial charge in [0.2, 0.25) is 5.91 Å². The molecule has 0 radical (unpaired) electrons. The molecule has 0 unspecified atom stereocenters. The molecule has 0 bridgehead atoms. The van der Waals surface area contributed by atoms with Gasteiger partial charge in [0.15, 0.2) is 0 Å². The number of imide groups is 1. The van der Waals surface area contributed by atoms with Crippen LogP contribution < -0.4 is 10.6 Å². The lowest BCUT2D eigenvalue weighted by atomic mass is 10.1. The molecule has 1 fully saturated rings. The number of urea groups is 1. The number of nitrogens with one attached hydrogen (secondary N) is 2. The summed E-state index contributed by atoms with van der Waals surface area (Å²) >= 11 is 0. The summed E-state index contributed by atoms with van der Waals surface area (Å²) in [5.41, 5.74) is 1.97. The highest BCUT2D eigenvalue weighted by molar-refractivity contribution is 6.04. The van der Waals surface area contributed by atoms with Crippen molar-refractivity contribution in [2.75, 3.05) is 6.54 Å². The number of nitrogens with zero attached hydrogens (tertiary/aromatic N) is 2. The van der Waals surface area contributed by atoms with Crippen molar-refractivity contribution in [3.05, 3.63) is 66.0 Å². The molecule has 1 aromatic heterocycles. The first-order valence-electron chi connectivity index (χ1n) is 8.95. The first-order valence-corrected chi connectivity index (χ1v) is 8.95. The summed E-state index contributed by atoms with van der Waals surface area (Å²) in [7, 11) is 0. The van der Waals surface area contributed by atoms with Crippen LogP contribution in [0.4, 0.5) is 4.79 Å². The highest BCUT2D eigenvalue weighted by Crippen LogP contribution is 2.13. The zero-order valence-electron chi connectivity index (χ0n) is 14.9. The first-order chi connectivity index (χ1) is 13.1. The molecular formula is C20H22N4O3. The molecule has 140 valence electrons. The van der Waals surface area contributed by atoms with Crippen molar-refractivity contribution >= 4 is 17.8 Å². The lowest BCUT2D eigenvalue weighted by Gasteiger charge is -2.13. The summed E-state index contributed by atoms with van der Waals surface area (Å²) in [6.45, 7) is 0.721. The smallest absolute Gasteiger partial charge is 0.324 e. The van der Waals surface area contributed by atoms with Gasteiger partial charge >= 0.3 is 6.03 Å². The summed E-state index contributed by atoms with van der Waals surface area (Å²) in [6, 6.07) is 12.3. The van der Waals surface area contributed by atoms with Crippen molar-refractivity contribution in [2.24, 2.45) is 0 Å². The Morgan fingerprint density at radius 1 is 1.11 bits per heavy atom. The van der Waals surface area contributed by atoms with E-state index >= 15 is 0 Å². The Morgan fingerprint density at radius 3 is 2.63 bits per heavy atom. The molecule has 1 aromatic carbocycles. The molecule has 1 atom stereocenters. The molecule has 2 aromatic rings. The quantitative estimate of drug-likeness (QED) is 0.695. The number of carbonyl (C=O) groups excluding carboxylic acids is 3. The predicted molar refractivity (Wildman–Crippen MR) is 99.5 cm³/mol. The summed E-state index contributed by atoms with van der Waals surface area (Å²) in [5, 5.41) is 5.46. The van der Waals surface area contributed by atoms with Crippen LogP contribution in [0.2, 0.25) is 0 Å². The van der Waals surface area contributed by atoms with Crippen LogP contribution in [0, 0.1) is 0 Å². The van der Waals surface area contributed by atoms with Gasteiger partial charge in [-0.3, -0.25) is 19.5 Å². The molecule has 1 aliphatic rings. The summed E-state index contributed by atoms with van der Waals surface area (Å²) in [5.74, 6) is -0.431. The third-order valence-electron chi connectivity index (χ3n) is 4.45. The number of carbonyl (C=O) groups is 3. The minimum Gasteiger partial charge on any atom is -0.352 e. The minimum absolute atomic E-state index is 0.163. The van der Waals surface area contributed by atoms with E-state index in [-0.39, 0.29) is 24.7 Å². The average Bonchev–Trinajstić information content (AvgIpc) is 2.97. The van der Waals surface area contributed by atoms with Gasteiger partial charge in [0, 0.05) is 31.9 Å². The molecule has 4 amide bonds. The van der Waals surface area contributed by atoms with E-state index in [0.717, 1.165) is 11.1 Å². The molecule has 0 saturated carbocycles. The van der Waals surface area contributed by atoms with E-state index < -0.39 is 12.1 Å². The zero-order valence-corrected chi connectivity index (χ0v) is 14.9. The maximum atomic E-state index is 12.4. The van der Waals surface area contributed by atoms with E-state index in [2.05, 4.69) is 15.6 Å². The van der Waals surface area contributed by atoms with Crippen molar-refractivity contribution in [2.45, 2.75) is 31.8 Å². The molecule has 3 rings (SSSR count). The van der Waals surface area contributed by atoms with Gasteiger partial charge < -0.3 is 10.6 Å². The highest BCUT2D eigenvalue weighted by Gasteiger charge is 2.37. The lowest BCUT2D eigenvalue weighted by Crippen LogP contribution is -2.34. The number of aromatic nitrogens is 1. The van der Waals surface area contributed by atoms with Crippen molar-refractivity contribution in [1.29, 1.82) is 0 Å². The Morgan fingerprint density at radius 2 is 1.89 bits per heavy atom. The normalized spacial score (nSPS) is 16.3. The third kappa shape index (κ3) is 5.13. The topological polar surface area (TPSA) is 91.4 Å². The van der Waals surface area contributed by atoms with Crippen molar-refractivity contribution in [3.63, 3.8) is 0 Å². The maximum Gasteiger partial charge on any atom is 0.324 e. The van der Waals surface area contributed by atoms with Gasteiger partial charge in [-0.2, -0.15) is 0 Å². The Labute approximate surface area is 157 Å². The monoisotopic (exact) mass is 366 g/mol. The number of pyridine rings is 1. The van der Waals surface area contributed by atoms with E-state index in [1.54, 1.807) is 18.5 Å². The Balaban J connectivity index is 1.43. The Kier molecular flexibility index (Phi) is 6.14. The van der Waals surface area contributed by atoms with Crippen molar-refractivity contribution < 1.29 is 14.4 Å². The molecule has 1 aliphatic heterocycles. The van der Waals surface area contributed by atoms with E-state index in [9.17, 15) is 14.4 Å². The number of amides is 4. The number of hydrogen-bond acceptors (Lipinski definition) is 4. The van der Waals surface area contributed by atoms with Crippen LogP contribution in [-0.4, -0.2) is 40.3 Å². The van der Waals surface area contributed by atoms with Crippen LogP contribution >= 0.6 is 0 Å². The fourth-order valence-electron chi connectivity index (χ4n) is 2.94. The molecule has 27 heavy (non-hydrogen) atoms. The SMILES string of the molecule is O=C(CC[C@@H]1NC(=O)N(CCc2ccccc2)C1=O)NCc1cccnc1. The fraction of sp³-hybridized carbons (Fsp3) is 0.300. The van der Waals surface area contributed by atoms with Gasteiger partial charge in [-0.05, 0) is 30.0 Å². The summed E-state index contributed by atoms with van der Waals surface area (Å²) < 4.78 is 0. The molecule has 0 spiro atoms. The van der Waals surface area contributed by atoms with Gasteiger partial charge in [0.25, 0.3) is 5.91 Å². The van der Waals surface area contributed by atoms with Gasteiger partial charge in [-0.1, -0.05) is 36.4 Å². The van der Waals surface area contributed by atoms with E-state index in [4.69, 9.17) is 0 Å². The van der Waals surface area contributed by atoms with Crippen LogP contribution in [0.3, 0.4) is 0 Å². The fourth-order valence-corrected chi connectivity index (χ4v) is 2.94. The zero-order chi connectivity index (χ0) is 19.1. The van der Waals surface area contributed by atoms with Gasteiger partial charge in [-0.15, -0.1) is 0 Å². The molecule has 1 saturated heterocycles. The van der Waals surface area contributed by atoms with Crippen molar-refractivity contribution in [1.82, 2.24) is 20.5 Å². The summed E-state index contributed by atoms with van der Waals surface area (Å²) in [6.07, 6.45) is 4.42. The number of rotatable bonds is 8. The number of hydrogen-bond donors (Lipinski definition) is 2. The second-order valence-electron chi connectivity index (χ2n) is 6.40. The predicted octanol–water partition coefficient (Wildman–Crippen LogP) is 1.64. The van der Waals surface area contributed by atoms with Crippen LogP contribution in [0.5, 0.6) is 0 Å². The third-order valence-corrected chi connectivity index (χ3v) is 4.45. The molecule has 2 heterocycles. The number of benzene rings is 1. The Hall–Kier alpha value is -3.22. The van der Waals surface area contributed by atoms with Crippen LogP contribution in [0.15, 0.2) is 54.9 Å². The lowest BCUT2D eigenvalue weighted by molar-refractivity contribution is -0.127. The standard InChI is InChI=1S/C20H22N4O3/c25-18(22-14-16-7-4-11-21-13-16)9-8-17-19(26)24(20(27)23-17)12-10-15-5-2-1-3-6-15/h1-7,11,13,17H,8-10,12,14H2,(H,22,25)(H,23,27)/t17-/m0/s1. The van der Waals surface area contributed by atoms with Crippen LogP contribution in [0.1, 0.15) is 24.0 Å². The molecule has 2 N–H and O–H groups in total. The van der Waals surface area contributed by atoms with Gasteiger partial charge in [0.05, 0.1) is 0 Å².